The molecular formula is C13H19BrOS. The van der Waals surface area contributed by atoms with Crippen molar-refractivity contribution in [3.8, 4) is 5.75 Å². The molecule has 0 N–H and O–H groups in total. The SMILES string of the molecule is CC(C)SCCCCOc1ccc(Br)cc1. The minimum absolute atomic E-state index is 0.743. The highest BCUT2D eigenvalue weighted by molar-refractivity contribution is 9.10. The van der Waals surface area contributed by atoms with E-state index in [1.165, 1.54) is 12.2 Å². The summed E-state index contributed by atoms with van der Waals surface area (Å²) in [6.45, 7) is 5.30. The van der Waals surface area contributed by atoms with Crippen LogP contribution in [0.2, 0.25) is 0 Å². The lowest BCUT2D eigenvalue weighted by atomic mass is 10.3. The number of benzene rings is 1. The normalized spacial score (nSPS) is 10.8. The molecule has 0 unspecified atom stereocenters. The van der Waals surface area contributed by atoms with Crippen molar-refractivity contribution in [2.24, 2.45) is 0 Å². The molecular weight excluding hydrogens is 284 g/mol. The molecule has 0 aliphatic heterocycles. The van der Waals surface area contributed by atoms with Gasteiger partial charge in [0.25, 0.3) is 0 Å². The molecule has 0 aliphatic carbocycles. The van der Waals surface area contributed by atoms with Crippen molar-refractivity contribution >= 4 is 27.7 Å². The van der Waals surface area contributed by atoms with Crippen LogP contribution in [0.4, 0.5) is 0 Å². The van der Waals surface area contributed by atoms with E-state index in [0.717, 1.165) is 28.5 Å². The van der Waals surface area contributed by atoms with Gasteiger partial charge in [0.2, 0.25) is 0 Å². The molecule has 0 heterocycles. The highest BCUT2D eigenvalue weighted by atomic mass is 79.9. The zero-order chi connectivity index (χ0) is 11.8. The smallest absolute Gasteiger partial charge is 0.119 e. The lowest BCUT2D eigenvalue weighted by Gasteiger charge is -2.07. The Bertz CT molecular complexity index is 284. The topological polar surface area (TPSA) is 9.23 Å². The highest BCUT2D eigenvalue weighted by Crippen LogP contribution is 2.16. The maximum Gasteiger partial charge on any atom is 0.119 e. The van der Waals surface area contributed by atoms with Gasteiger partial charge in [-0.1, -0.05) is 29.8 Å². The molecule has 1 nitrogen and oxygen atoms in total. The summed E-state index contributed by atoms with van der Waals surface area (Å²) in [6, 6.07) is 7.99. The van der Waals surface area contributed by atoms with Gasteiger partial charge in [-0.25, -0.2) is 0 Å². The van der Waals surface area contributed by atoms with Gasteiger partial charge in [0, 0.05) is 4.47 Å². The largest absolute Gasteiger partial charge is 0.494 e. The van der Waals surface area contributed by atoms with Crippen molar-refractivity contribution in [2.45, 2.75) is 31.9 Å². The maximum absolute atomic E-state index is 5.64. The number of halogens is 1. The minimum Gasteiger partial charge on any atom is -0.494 e. The molecule has 0 saturated heterocycles. The van der Waals surface area contributed by atoms with Crippen LogP contribution in [0.25, 0.3) is 0 Å². The molecule has 0 spiro atoms. The third-order valence-corrected chi connectivity index (χ3v) is 3.79. The second-order valence-corrected chi connectivity index (χ2v) is 6.53. The molecule has 1 aromatic rings. The fourth-order valence-electron chi connectivity index (χ4n) is 1.24. The van der Waals surface area contributed by atoms with Crippen LogP contribution in [0.3, 0.4) is 0 Å². The average molecular weight is 303 g/mol. The Kier molecular flexibility index (Phi) is 6.97. The number of ether oxygens (including phenoxy) is 1. The molecule has 0 atom stereocenters. The monoisotopic (exact) mass is 302 g/mol. The van der Waals surface area contributed by atoms with E-state index in [0.29, 0.717) is 0 Å². The average Bonchev–Trinajstić information content (AvgIpc) is 2.25. The van der Waals surface area contributed by atoms with Crippen LogP contribution in [0.5, 0.6) is 5.75 Å². The van der Waals surface area contributed by atoms with Crippen LogP contribution in [-0.4, -0.2) is 17.6 Å². The number of rotatable bonds is 7. The van der Waals surface area contributed by atoms with Crippen LogP contribution in [0, 0.1) is 0 Å². The van der Waals surface area contributed by atoms with Crippen LogP contribution in [0.15, 0.2) is 28.7 Å². The Morgan fingerprint density at radius 1 is 1.19 bits per heavy atom. The molecule has 16 heavy (non-hydrogen) atoms. The Balaban J connectivity index is 2.05. The van der Waals surface area contributed by atoms with Gasteiger partial charge in [0.1, 0.15) is 5.75 Å². The first-order chi connectivity index (χ1) is 7.68. The van der Waals surface area contributed by atoms with Gasteiger partial charge < -0.3 is 4.74 Å². The Morgan fingerprint density at radius 3 is 2.50 bits per heavy atom. The molecule has 1 rings (SSSR count). The van der Waals surface area contributed by atoms with Gasteiger partial charge in [-0.3, -0.25) is 0 Å². The van der Waals surface area contributed by atoms with E-state index in [-0.39, 0.29) is 0 Å². The highest BCUT2D eigenvalue weighted by Gasteiger charge is 1.96. The van der Waals surface area contributed by atoms with E-state index in [1.54, 1.807) is 0 Å². The fraction of sp³-hybridized carbons (Fsp3) is 0.538. The molecule has 0 radical (unpaired) electrons. The lowest BCUT2D eigenvalue weighted by molar-refractivity contribution is 0.310. The van der Waals surface area contributed by atoms with Crippen molar-refractivity contribution in [3.05, 3.63) is 28.7 Å². The van der Waals surface area contributed by atoms with Gasteiger partial charge in [-0.05, 0) is 48.1 Å². The summed E-state index contributed by atoms with van der Waals surface area (Å²) in [5.74, 6) is 2.20. The first kappa shape index (κ1) is 13.9. The van der Waals surface area contributed by atoms with Gasteiger partial charge in [0.05, 0.1) is 6.61 Å². The summed E-state index contributed by atoms with van der Waals surface area (Å²) in [7, 11) is 0. The number of unbranched alkanes of at least 4 members (excludes halogenated alkanes) is 1. The van der Waals surface area contributed by atoms with E-state index in [4.69, 9.17) is 4.74 Å². The quantitative estimate of drug-likeness (QED) is 0.672. The summed E-state index contributed by atoms with van der Waals surface area (Å²) >= 11 is 5.42. The third kappa shape index (κ3) is 6.44. The molecule has 0 bridgehead atoms. The van der Waals surface area contributed by atoms with E-state index in [2.05, 4.69) is 29.8 Å². The second kappa shape index (κ2) is 8.02. The predicted octanol–water partition coefficient (Wildman–Crippen LogP) is 4.75. The standard InChI is InChI=1S/C13H19BrOS/c1-11(2)16-10-4-3-9-15-13-7-5-12(14)6-8-13/h5-8,11H,3-4,9-10H2,1-2H3. The summed E-state index contributed by atoms with van der Waals surface area (Å²) in [5.41, 5.74) is 0. The van der Waals surface area contributed by atoms with Crippen molar-refractivity contribution in [1.82, 2.24) is 0 Å². The molecule has 90 valence electrons. The van der Waals surface area contributed by atoms with Gasteiger partial charge in [0.15, 0.2) is 0 Å². The van der Waals surface area contributed by atoms with Gasteiger partial charge >= 0.3 is 0 Å². The minimum atomic E-state index is 0.743. The zero-order valence-corrected chi connectivity index (χ0v) is 12.3. The van der Waals surface area contributed by atoms with E-state index in [1.807, 2.05) is 36.0 Å². The molecule has 0 fully saturated rings. The zero-order valence-electron chi connectivity index (χ0n) is 9.91. The predicted molar refractivity (Wildman–Crippen MR) is 76.5 cm³/mol. The Morgan fingerprint density at radius 2 is 1.88 bits per heavy atom. The van der Waals surface area contributed by atoms with Crippen LogP contribution < -0.4 is 4.74 Å². The molecule has 1 aromatic carbocycles. The summed E-state index contributed by atoms with van der Waals surface area (Å²) in [6.07, 6.45) is 2.37. The van der Waals surface area contributed by atoms with E-state index < -0.39 is 0 Å². The maximum atomic E-state index is 5.64. The molecule has 0 aliphatic rings. The summed E-state index contributed by atoms with van der Waals surface area (Å²) in [5, 5.41) is 0.743. The van der Waals surface area contributed by atoms with Crippen LogP contribution in [0.1, 0.15) is 26.7 Å². The summed E-state index contributed by atoms with van der Waals surface area (Å²) in [4.78, 5) is 0. The third-order valence-electron chi connectivity index (χ3n) is 2.07. The van der Waals surface area contributed by atoms with Crippen molar-refractivity contribution < 1.29 is 4.74 Å². The van der Waals surface area contributed by atoms with Crippen LogP contribution in [-0.2, 0) is 0 Å². The molecule has 0 saturated carbocycles. The number of thioether (sulfide) groups is 1. The first-order valence-electron chi connectivity index (χ1n) is 5.68. The Hall–Kier alpha value is -0.150. The fourth-order valence-corrected chi connectivity index (χ4v) is 2.35. The molecule has 0 aromatic heterocycles. The lowest BCUT2D eigenvalue weighted by Crippen LogP contribution is -1.98. The Labute approximate surface area is 111 Å². The van der Waals surface area contributed by atoms with E-state index in [9.17, 15) is 0 Å². The summed E-state index contributed by atoms with van der Waals surface area (Å²) < 4.78 is 6.73. The van der Waals surface area contributed by atoms with Crippen LogP contribution >= 0.6 is 27.7 Å². The van der Waals surface area contributed by atoms with Crippen molar-refractivity contribution in [3.63, 3.8) is 0 Å². The van der Waals surface area contributed by atoms with Gasteiger partial charge in [-0.2, -0.15) is 11.8 Å². The van der Waals surface area contributed by atoms with Gasteiger partial charge in [-0.15, -0.1) is 0 Å². The van der Waals surface area contributed by atoms with Crippen molar-refractivity contribution in [1.29, 1.82) is 0 Å². The van der Waals surface area contributed by atoms with Crippen molar-refractivity contribution in [2.75, 3.05) is 12.4 Å². The first-order valence-corrected chi connectivity index (χ1v) is 7.52. The molecule has 3 heteroatoms. The number of hydrogen-bond acceptors (Lipinski definition) is 2. The number of hydrogen-bond donors (Lipinski definition) is 0. The second-order valence-electron chi connectivity index (χ2n) is 3.93. The molecule has 0 amide bonds. The van der Waals surface area contributed by atoms with E-state index >= 15 is 0 Å².